The summed E-state index contributed by atoms with van der Waals surface area (Å²) in [4.78, 5) is 39.0. The molecular formula is C28H20N6O2. The van der Waals surface area contributed by atoms with Crippen LogP contribution >= 0.6 is 0 Å². The Hall–Kier alpha value is -5.11. The number of H-pyrrole nitrogens is 1. The molecule has 8 nitrogen and oxygen atoms in total. The Morgan fingerprint density at radius 1 is 0.889 bits per heavy atom. The van der Waals surface area contributed by atoms with Crippen LogP contribution in [-0.4, -0.2) is 36.4 Å². The lowest BCUT2D eigenvalue weighted by Gasteiger charge is -2.08. The van der Waals surface area contributed by atoms with Crippen LogP contribution in [0.4, 0.5) is 5.69 Å². The smallest absolute Gasteiger partial charge is 0.296 e. The third-order valence-corrected chi connectivity index (χ3v) is 6.00. The number of hydrogen-bond acceptors (Lipinski definition) is 5. The topological polar surface area (TPSA) is 106 Å². The predicted octanol–water partition coefficient (Wildman–Crippen LogP) is 5.00. The summed E-state index contributed by atoms with van der Waals surface area (Å²) in [6.07, 6.45) is 5.25. The van der Waals surface area contributed by atoms with E-state index in [1.54, 1.807) is 35.3 Å². The van der Waals surface area contributed by atoms with E-state index in [2.05, 4.69) is 25.4 Å². The third-order valence-electron chi connectivity index (χ3n) is 6.00. The van der Waals surface area contributed by atoms with Gasteiger partial charge in [-0.1, -0.05) is 48.5 Å². The molecule has 3 aromatic heterocycles. The minimum atomic E-state index is -0.729. The van der Waals surface area contributed by atoms with Gasteiger partial charge in [0.2, 0.25) is 0 Å². The molecule has 3 aromatic carbocycles. The van der Waals surface area contributed by atoms with Crippen molar-refractivity contribution in [1.29, 1.82) is 0 Å². The number of aryl methyl sites for hydroxylation is 1. The Labute approximate surface area is 205 Å². The molecule has 6 rings (SSSR count). The normalized spacial score (nSPS) is 11.1. The third kappa shape index (κ3) is 3.80. The van der Waals surface area contributed by atoms with E-state index in [0.29, 0.717) is 39.1 Å². The summed E-state index contributed by atoms with van der Waals surface area (Å²) in [6.45, 7) is 0. The lowest BCUT2D eigenvalue weighted by Crippen LogP contribution is -2.23. The number of carbonyl (C=O) groups is 2. The molecule has 6 aromatic rings. The quantitative estimate of drug-likeness (QED) is 0.271. The first-order valence-electron chi connectivity index (χ1n) is 11.3. The van der Waals surface area contributed by atoms with Crippen LogP contribution in [0.25, 0.3) is 44.5 Å². The van der Waals surface area contributed by atoms with Gasteiger partial charge in [0.1, 0.15) is 0 Å². The number of aromatic nitrogens is 5. The Kier molecular flexibility index (Phi) is 5.11. The van der Waals surface area contributed by atoms with Gasteiger partial charge in [-0.2, -0.15) is 5.10 Å². The van der Waals surface area contributed by atoms with Crippen LogP contribution in [-0.2, 0) is 11.8 Å². The van der Waals surface area contributed by atoms with E-state index >= 15 is 0 Å². The fourth-order valence-electron chi connectivity index (χ4n) is 4.28. The maximum Gasteiger partial charge on any atom is 0.296 e. The molecule has 174 valence electrons. The Morgan fingerprint density at radius 2 is 1.69 bits per heavy atom. The van der Waals surface area contributed by atoms with Crippen LogP contribution in [0.1, 0.15) is 10.4 Å². The number of amides is 1. The minimum absolute atomic E-state index is 0.341. The lowest BCUT2D eigenvalue weighted by molar-refractivity contribution is -0.112. The number of para-hydroxylation sites is 1. The molecule has 0 aliphatic rings. The number of nitrogens with one attached hydrogen (secondary N) is 2. The Balaban J connectivity index is 1.34. The number of aromatic amines is 1. The highest BCUT2D eigenvalue weighted by Crippen LogP contribution is 2.31. The van der Waals surface area contributed by atoms with E-state index in [1.807, 2.05) is 67.8 Å². The molecule has 0 saturated heterocycles. The molecule has 0 aliphatic heterocycles. The van der Waals surface area contributed by atoms with Crippen molar-refractivity contribution in [2.75, 3.05) is 5.32 Å². The van der Waals surface area contributed by atoms with Crippen LogP contribution in [0.15, 0.2) is 91.4 Å². The van der Waals surface area contributed by atoms with Gasteiger partial charge in [-0.15, -0.1) is 0 Å². The number of benzene rings is 3. The highest BCUT2D eigenvalue weighted by Gasteiger charge is 2.25. The summed E-state index contributed by atoms with van der Waals surface area (Å²) in [5.41, 5.74) is 5.81. The van der Waals surface area contributed by atoms with Gasteiger partial charge in [-0.25, -0.2) is 4.98 Å². The molecule has 2 N–H and O–H groups in total. The fourth-order valence-corrected chi connectivity index (χ4v) is 4.28. The van der Waals surface area contributed by atoms with Crippen LogP contribution in [0.5, 0.6) is 0 Å². The van der Waals surface area contributed by atoms with Gasteiger partial charge in [-0.05, 0) is 29.8 Å². The van der Waals surface area contributed by atoms with E-state index in [4.69, 9.17) is 0 Å². The average Bonchev–Trinajstić information content (AvgIpc) is 3.52. The van der Waals surface area contributed by atoms with Gasteiger partial charge in [-0.3, -0.25) is 19.3 Å². The van der Waals surface area contributed by atoms with Crippen molar-refractivity contribution in [2.45, 2.75) is 0 Å². The number of anilines is 1. The van der Waals surface area contributed by atoms with Crippen molar-refractivity contribution in [3.63, 3.8) is 0 Å². The molecule has 0 saturated carbocycles. The summed E-state index contributed by atoms with van der Waals surface area (Å²) in [6, 6.07) is 22.1. The summed E-state index contributed by atoms with van der Waals surface area (Å²) < 4.78 is 1.69. The van der Waals surface area contributed by atoms with Crippen LogP contribution < -0.4 is 5.32 Å². The van der Waals surface area contributed by atoms with Crippen molar-refractivity contribution in [2.24, 2.45) is 7.05 Å². The number of Topliss-reactive ketones (excluding diaryl/α,β-unsaturated/α-hetero) is 1. The minimum Gasteiger partial charge on any atom is -0.354 e. The summed E-state index contributed by atoms with van der Waals surface area (Å²) in [5.74, 6) is -1.35. The number of fused-ring (bicyclic) bond motifs is 2. The van der Waals surface area contributed by atoms with Gasteiger partial charge in [0, 0.05) is 35.4 Å². The molecule has 3 heterocycles. The Morgan fingerprint density at radius 3 is 2.50 bits per heavy atom. The monoisotopic (exact) mass is 472 g/mol. The van der Waals surface area contributed by atoms with Crippen LogP contribution in [0.2, 0.25) is 0 Å². The maximum atomic E-state index is 13.5. The summed E-state index contributed by atoms with van der Waals surface area (Å²) in [7, 11) is 1.83. The van der Waals surface area contributed by atoms with Crippen LogP contribution in [0, 0.1) is 0 Å². The molecule has 0 aliphatic carbocycles. The maximum absolute atomic E-state index is 13.5. The zero-order valence-corrected chi connectivity index (χ0v) is 19.3. The van der Waals surface area contributed by atoms with Gasteiger partial charge >= 0.3 is 0 Å². The van der Waals surface area contributed by atoms with Crippen molar-refractivity contribution in [3.8, 4) is 22.5 Å². The fraction of sp³-hybridized carbons (Fsp3) is 0.0357. The summed E-state index contributed by atoms with van der Waals surface area (Å²) in [5, 5.41) is 7.61. The van der Waals surface area contributed by atoms with Crippen molar-refractivity contribution >= 4 is 39.3 Å². The highest BCUT2D eigenvalue weighted by atomic mass is 16.2. The molecule has 0 radical (unpaired) electrons. The highest BCUT2D eigenvalue weighted by molar-refractivity contribution is 6.49. The van der Waals surface area contributed by atoms with Crippen molar-refractivity contribution in [3.05, 3.63) is 97.0 Å². The first-order valence-corrected chi connectivity index (χ1v) is 11.3. The number of rotatable bonds is 5. The number of hydrogen-bond donors (Lipinski definition) is 2. The van der Waals surface area contributed by atoms with Gasteiger partial charge < -0.3 is 10.3 Å². The Bertz CT molecular complexity index is 1770. The van der Waals surface area contributed by atoms with E-state index in [-0.39, 0.29) is 0 Å². The van der Waals surface area contributed by atoms with E-state index in [9.17, 15) is 9.59 Å². The molecular weight excluding hydrogens is 452 g/mol. The molecule has 0 bridgehead atoms. The number of ketones is 1. The van der Waals surface area contributed by atoms with Gasteiger partial charge in [0.25, 0.3) is 11.7 Å². The van der Waals surface area contributed by atoms with Crippen molar-refractivity contribution < 1.29 is 9.59 Å². The number of nitrogens with zero attached hydrogens (tertiary/aromatic N) is 4. The van der Waals surface area contributed by atoms with E-state index in [1.165, 1.54) is 0 Å². The number of carbonyl (C=O) groups excluding carboxylic acids is 2. The summed E-state index contributed by atoms with van der Waals surface area (Å²) >= 11 is 0. The largest absolute Gasteiger partial charge is 0.354 e. The van der Waals surface area contributed by atoms with E-state index in [0.717, 1.165) is 16.6 Å². The second-order valence-electron chi connectivity index (χ2n) is 8.43. The SMILES string of the molecule is Cn1cc(-c2cnc3ccc(NC(=O)C(=O)c4c(-c5ccccc5)[nH]c5ccccc45)cc3n2)cn1. The lowest BCUT2D eigenvalue weighted by atomic mass is 10.0. The molecule has 8 heteroatoms. The van der Waals surface area contributed by atoms with E-state index < -0.39 is 11.7 Å². The molecule has 0 fully saturated rings. The molecule has 0 unspecified atom stereocenters. The zero-order chi connectivity index (χ0) is 24.6. The molecule has 0 spiro atoms. The van der Waals surface area contributed by atoms with Gasteiger partial charge in [0.15, 0.2) is 0 Å². The average molecular weight is 473 g/mol. The first-order chi connectivity index (χ1) is 17.6. The second kappa shape index (κ2) is 8.59. The molecule has 36 heavy (non-hydrogen) atoms. The standard InChI is InChI=1S/C28H20N6O2/c1-34-16-18(14-30-34)24-15-29-22-12-11-19(13-23(22)32-24)31-28(36)27(35)25-20-9-5-6-10-21(20)33-26(25)17-7-3-2-4-8-17/h2-16,33H,1H3,(H,31,36). The predicted molar refractivity (Wildman–Crippen MR) is 138 cm³/mol. The molecule has 0 atom stereocenters. The van der Waals surface area contributed by atoms with Crippen molar-refractivity contribution in [1.82, 2.24) is 24.7 Å². The molecule has 1 amide bonds. The van der Waals surface area contributed by atoms with Crippen LogP contribution in [0.3, 0.4) is 0 Å². The second-order valence-corrected chi connectivity index (χ2v) is 8.43. The van der Waals surface area contributed by atoms with Gasteiger partial charge in [0.05, 0.1) is 40.4 Å². The first kappa shape index (κ1) is 21.4. The zero-order valence-electron chi connectivity index (χ0n) is 19.3.